The van der Waals surface area contributed by atoms with Crippen molar-refractivity contribution in [1.82, 2.24) is 9.55 Å². The molecule has 3 aromatic heterocycles. The van der Waals surface area contributed by atoms with Crippen LogP contribution in [0.15, 0.2) is 115 Å². The van der Waals surface area contributed by atoms with E-state index in [2.05, 4.69) is 125 Å². The van der Waals surface area contributed by atoms with Gasteiger partial charge in [-0.3, -0.25) is 0 Å². The van der Waals surface area contributed by atoms with E-state index in [0.717, 1.165) is 44.7 Å². The second-order valence-electron chi connectivity index (χ2n) is 10.7. The Kier molecular flexibility index (Phi) is 6.44. The third-order valence-electron chi connectivity index (χ3n) is 8.08. The summed E-state index contributed by atoms with van der Waals surface area (Å²) in [4.78, 5) is 9.20. The van der Waals surface area contributed by atoms with E-state index in [1.165, 1.54) is 20.2 Å². The number of thiophene rings is 1. The number of hydrogen-bond donors (Lipinski definition) is 0. The van der Waals surface area contributed by atoms with Gasteiger partial charge < -0.3 is 19.1 Å². The monoisotopic (exact) mass is 766 g/mol. The summed E-state index contributed by atoms with van der Waals surface area (Å²) in [6, 6.07) is 44.5. The Balaban J connectivity index is 0.00000289. The van der Waals surface area contributed by atoms with Gasteiger partial charge in [0.25, 0.3) is 0 Å². The molecule has 0 spiro atoms. The van der Waals surface area contributed by atoms with Gasteiger partial charge in [0.1, 0.15) is 5.82 Å². The molecule has 4 heterocycles. The first kappa shape index (κ1) is 26.9. The molecule has 1 aliphatic rings. The van der Waals surface area contributed by atoms with E-state index in [0.29, 0.717) is 11.5 Å². The number of hydrogen-bond acceptors (Lipinski definition) is 5. The van der Waals surface area contributed by atoms with Gasteiger partial charge in [-0.2, -0.15) is 18.8 Å². The number of nitrogens with zero attached hydrogens (tertiary/aromatic N) is 4. The maximum atomic E-state index is 6.40. The summed E-state index contributed by atoms with van der Waals surface area (Å²) < 4.78 is 11.1. The van der Waals surface area contributed by atoms with Crippen LogP contribution in [0, 0.1) is 18.8 Å². The summed E-state index contributed by atoms with van der Waals surface area (Å²) in [5.41, 5.74) is 5.17. The molecule has 0 fully saturated rings. The zero-order valence-electron chi connectivity index (χ0n) is 23.5. The number of fused-ring (bicyclic) bond motifs is 7. The molecule has 216 valence electrons. The van der Waals surface area contributed by atoms with Gasteiger partial charge in [0, 0.05) is 75.8 Å². The van der Waals surface area contributed by atoms with Gasteiger partial charge >= 0.3 is 0 Å². The number of anilines is 3. The Morgan fingerprint density at radius 3 is 2.39 bits per heavy atom. The largest absolute Gasteiger partial charge is 0.509 e. The van der Waals surface area contributed by atoms with Gasteiger partial charge in [0.2, 0.25) is 0 Å². The summed E-state index contributed by atoms with van der Waals surface area (Å²) in [5.74, 6) is 2.11. The molecule has 0 N–H and O–H groups in total. The molecule has 5 nitrogen and oxygen atoms in total. The molecule has 0 aliphatic carbocycles. The maximum absolute atomic E-state index is 6.40. The third kappa shape index (κ3) is 4.21. The average molecular weight is 767 g/mol. The van der Waals surface area contributed by atoms with Crippen LogP contribution < -0.4 is 14.5 Å². The van der Waals surface area contributed by atoms with Crippen LogP contribution in [0.1, 0.15) is 0 Å². The van der Waals surface area contributed by atoms with Gasteiger partial charge in [-0.15, -0.1) is 52.7 Å². The molecular formula is C37H23N4OPtS-3. The molecule has 0 atom stereocenters. The predicted octanol–water partition coefficient (Wildman–Crippen LogP) is 9.64. The Morgan fingerprint density at radius 1 is 0.705 bits per heavy atom. The SMILES string of the molecule is CN1[CH-]N(c2[c-]c(Oc3[c-]c4c(cc3)c3ccccc3n4-c3cc4sc5ccccc5c4cn3)ccc2)c2ccccc21.[Pt]. The van der Waals surface area contributed by atoms with Crippen molar-refractivity contribution in [3.63, 3.8) is 0 Å². The van der Waals surface area contributed by atoms with Gasteiger partial charge in [-0.1, -0.05) is 54.0 Å². The Bertz CT molecular complexity index is 2360. The molecular weight excluding hydrogens is 744 g/mol. The molecule has 0 bridgehead atoms. The first-order valence-corrected chi connectivity index (χ1v) is 14.9. The zero-order chi connectivity index (χ0) is 28.5. The molecule has 9 rings (SSSR count). The summed E-state index contributed by atoms with van der Waals surface area (Å²) in [7, 11) is 2.05. The molecule has 7 heteroatoms. The van der Waals surface area contributed by atoms with Crippen molar-refractivity contribution in [1.29, 1.82) is 0 Å². The van der Waals surface area contributed by atoms with Crippen molar-refractivity contribution in [2.75, 3.05) is 16.8 Å². The molecule has 1 aliphatic heterocycles. The van der Waals surface area contributed by atoms with Crippen LogP contribution in [0.25, 0.3) is 47.8 Å². The molecule has 0 saturated heterocycles. The Labute approximate surface area is 272 Å². The van der Waals surface area contributed by atoms with Crippen molar-refractivity contribution < 1.29 is 25.8 Å². The third-order valence-corrected chi connectivity index (χ3v) is 9.21. The smallest absolute Gasteiger partial charge is 0.137 e. The number of benzene rings is 5. The molecule has 8 aromatic rings. The van der Waals surface area contributed by atoms with Crippen molar-refractivity contribution in [2.45, 2.75) is 0 Å². The van der Waals surface area contributed by atoms with Crippen molar-refractivity contribution in [3.8, 4) is 17.3 Å². The first-order valence-electron chi connectivity index (χ1n) is 14.1. The number of ether oxygens (including phenoxy) is 1. The second-order valence-corrected chi connectivity index (χ2v) is 11.7. The van der Waals surface area contributed by atoms with Crippen molar-refractivity contribution in [3.05, 3.63) is 134 Å². The van der Waals surface area contributed by atoms with Gasteiger partial charge in [-0.25, -0.2) is 4.98 Å². The number of rotatable bonds is 4. The number of para-hydroxylation sites is 3. The minimum Gasteiger partial charge on any atom is -0.509 e. The van der Waals surface area contributed by atoms with Crippen LogP contribution in [-0.4, -0.2) is 16.6 Å². The molecule has 0 amide bonds. The minimum atomic E-state index is 0. The van der Waals surface area contributed by atoms with Crippen molar-refractivity contribution >= 4 is 70.4 Å². The molecule has 0 unspecified atom stereocenters. The second kappa shape index (κ2) is 10.5. The molecule has 0 radical (unpaired) electrons. The average Bonchev–Trinajstić information content (AvgIpc) is 3.70. The topological polar surface area (TPSA) is 33.5 Å². The minimum absolute atomic E-state index is 0. The van der Waals surface area contributed by atoms with Gasteiger partial charge in [0.05, 0.1) is 0 Å². The Hall–Kier alpha value is -4.64. The summed E-state index contributed by atoms with van der Waals surface area (Å²) in [6.07, 6.45) is 2.00. The van der Waals surface area contributed by atoms with Gasteiger partial charge in [-0.05, 0) is 42.8 Å². The van der Waals surface area contributed by atoms with E-state index in [-0.39, 0.29) is 21.1 Å². The standard InChI is InChI=1S/C37H23N4OS.Pt/c1-39-23-40(33-15-6-5-14-32(33)39)24-9-8-10-25(19-24)42-26-17-18-28-27-11-2-4-13-31(27)41(34(28)20-26)37-21-36-30(22-38-37)29-12-3-7-16-35(29)43-36;/h2-18,21-23H,1H3;/q-3;. The molecule has 0 saturated carbocycles. The summed E-state index contributed by atoms with van der Waals surface area (Å²) >= 11 is 1.79. The van der Waals surface area contributed by atoms with Crippen LogP contribution in [0.2, 0.25) is 0 Å². The van der Waals surface area contributed by atoms with E-state index in [1.807, 2.05) is 30.5 Å². The number of aromatic nitrogens is 2. The first-order chi connectivity index (χ1) is 21.2. The van der Waals surface area contributed by atoms with E-state index < -0.39 is 0 Å². The van der Waals surface area contributed by atoms with Gasteiger partial charge in [0.15, 0.2) is 0 Å². The fraction of sp³-hybridized carbons (Fsp3) is 0.0270. The Morgan fingerprint density at radius 2 is 1.48 bits per heavy atom. The summed E-state index contributed by atoms with van der Waals surface area (Å²) in [6.45, 7) is 2.07. The van der Waals surface area contributed by atoms with Crippen LogP contribution in [-0.2, 0) is 21.1 Å². The fourth-order valence-electron chi connectivity index (χ4n) is 6.11. The quantitative estimate of drug-likeness (QED) is 0.167. The zero-order valence-corrected chi connectivity index (χ0v) is 26.6. The normalized spacial score (nSPS) is 12.8. The summed E-state index contributed by atoms with van der Waals surface area (Å²) in [5, 5.41) is 4.67. The van der Waals surface area contributed by atoms with Crippen LogP contribution in [0.4, 0.5) is 17.1 Å². The van der Waals surface area contributed by atoms with E-state index in [1.54, 1.807) is 11.3 Å². The van der Waals surface area contributed by atoms with Crippen LogP contribution in [0.5, 0.6) is 11.5 Å². The van der Waals surface area contributed by atoms with Crippen LogP contribution >= 0.6 is 11.3 Å². The van der Waals surface area contributed by atoms with E-state index in [9.17, 15) is 0 Å². The van der Waals surface area contributed by atoms with Crippen molar-refractivity contribution in [2.24, 2.45) is 0 Å². The molecule has 5 aromatic carbocycles. The predicted molar refractivity (Wildman–Crippen MR) is 177 cm³/mol. The fourth-order valence-corrected chi connectivity index (χ4v) is 7.22. The van der Waals surface area contributed by atoms with Crippen LogP contribution in [0.3, 0.4) is 0 Å². The van der Waals surface area contributed by atoms with E-state index in [4.69, 9.17) is 9.72 Å². The molecule has 44 heavy (non-hydrogen) atoms. The maximum Gasteiger partial charge on any atom is 0.137 e. The van der Waals surface area contributed by atoms with E-state index >= 15 is 0 Å². The number of pyridine rings is 1.